The fraction of sp³-hybridized carbons (Fsp3) is 0.667. The predicted octanol–water partition coefficient (Wildman–Crippen LogP) is 2.01. The molecular formula is C12H23N4OP. The van der Waals surface area contributed by atoms with Crippen molar-refractivity contribution in [3.63, 3.8) is 0 Å². The predicted molar refractivity (Wildman–Crippen MR) is 78.0 cm³/mol. The number of aliphatic imine (C=N–C) groups is 1. The molecule has 102 valence electrons. The minimum atomic E-state index is -2.33. The summed E-state index contributed by atoms with van der Waals surface area (Å²) in [4.78, 5) is 6.24. The molecule has 0 spiro atoms. The first-order chi connectivity index (χ1) is 8.20. The van der Waals surface area contributed by atoms with Gasteiger partial charge >= 0.3 is 0 Å². The molecule has 0 aromatic carbocycles. The van der Waals surface area contributed by atoms with E-state index in [9.17, 15) is 4.57 Å². The van der Waals surface area contributed by atoms with E-state index in [0.29, 0.717) is 11.4 Å². The fourth-order valence-electron chi connectivity index (χ4n) is 1.42. The molecule has 6 heteroatoms. The molecule has 1 aromatic heterocycles. The maximum absolute atomic E-state index is 12.1. The van der Waals surface area contributed by atoms with E-state index in [1.54, 1.807) is 19.7 Å². The summed E-state index contributed by atoms with van der Waals surface area (Å²) in [5, 5.41) is 4.42. The van der Waals surface area contributed by atoms with Crippen LogP contribution in [0.15, 0.2) is 11.1 Å². The highest BCUT2D eigenvalue weighted by atomic mass is 31.2. The molecule has 0 unspecified atom stereocenters. The summed E-state index contributed by atoms with van der Waals surface area (Å²) in [6, 6.07) is 1.82. The minimum Gasteiger partial charge on any atom is -0.369 e. The normalized spacial score (nSPS) is 12.6. The van der Waals surface area contributed by atoms with Gasteiger partial charge in [0.25, 0.3) is 0 Å². The van der Waals surface area contributed by atoms with Gasteiger partial charge in [-0.3, -0.25) is 0 Å². The van der Waals surface area contributed by atoms with Gasteiger partial charge < -0.3 is 9.46 Å². The highest BCUT2D eigenvalue weighted by molar-refractivity contribution is 7.69. The minimum absolute atomic E-state index is 0.471. The van der Waals surface area contributed by atoms with Crippen LogP contribution >= 0.6 is 7.14 Å². The quantitative estimate of drug-likeness (QED) is 0.467. The van der Waals surface area contributed by atoms with Crippen molar-refractivity contribution in [3.8, 4) is 0 Å². The standard InChI is InChI=1S/C12H23N4OP/c1-10(2)8-16-11(13-9-15(3)4)7-12(14-16)18(5,6)17/h7,9-10H,8H2,1-6H3/b13-9+. The molecule has 0 N–H and O–H groups in total. The lowest BCUT2D eigenvalue weighted by Crippen LogP contribution is -2.11. The van der Waals surface area contributed by atoms with Gasteiger partial charge in [-0.15, -0.1) is 0 Å². The van der Waals surface area contributed by atoms with Gasteiger partial charge in [0.2, 0.25) is 0 Å². The summed E-state index contributed by atoms with van der Waals surface area (Å²) in [6.07, 6.45) is 1.73. The Morgan fingerprint density at radius 1 is 1.50 bits per heavy atom. The molecule has 0 aliphatic carbocycles. The molecule has 0 fully saturated rings. The van der Waals surface area contributed by atoms with Crippen molar-refractivity contribution in [1.82, 2.24) is 14.7 Å². The van der Waals surface area contributed by atoms with E-state index in [1.807, 2.05) is 29.7 Å². The molecule has 1 aromatic rings. The van der Waals surface area contributed by atoms with E-state index >= 15 is 0 Å². The first-order valence-corrected chi connectivity index (χ1v) is 8.64. The second kappa shape index (κ2) is 5.70. The van der Waals surface area contributed by atoms with Crippen LogP contribution in [-0.2, 0) is 11.1 Å². The third kappa shape index (κ3) is 4.30. The van der Waals surface area contributed by atoms with E-state index in [1.165, 1.54) is 0 Å². The summed E-state index contributed by atoms with van der Waals surface area (Å²) in [5.74, 6) is 1.23. The topological polar surface area (TPSA) is 50.5 Å². The van der Waals surface area contributed by atoms with Gasteiger partial charge in [0.1, 0.15) is 12.6 Å². The molecule has 0 aliphatic rings. The van der Waals surface area contributed by atoms with Crippen molar-refractivity contribution in [3.05, 3.63) is 6.07 Å². The van der Waals surface area contributed by atoms with Gasteiger partial charge in [0.05, 0.1) is 6.34 Å². The van der Waals surface area contributed by atoms with Crippen LogP contribution in [0.2, 0.25) is 0 Å². The Hall–Kier alpha value is -1.09. The Morgan fingerprint density at radius 3 is 2.56 bits per heavy atom. The Morgan fingerprint density at radius 2 is 2.11 bits per heavy atom. The summed E-state index contributed by atoms with van der Waals surface area (Å²) >= 11 is 0. The summed E-state index contributed by atoms with van der Waals surface area (Å²) in [5.41, 5.74) is 0.647. The summed E-state index contributed by atoms with van der Waals surface area (Å²) < 4.78 is 13.9. The molecule has 0 aliphatic heterocycles. The number of hydrogen-bond donors (Lipinski definition) is 0. The van der Waals surface area contributed by atoms with Crippen LogP contribution in [0.25, 0.3) is 0 Å². The van der Waals surface area contributed by atoms with Crippen LogP contribution in [-0.4, -0.2) is 48.4 Å². The Bertz CT molecular complexity index is 470. The van der Waals surface area contributed by atoms with Crippen LogP contribution in [0.1, 0.15) is 13.8 Å². The van der Waals surface area contributed by atoms with Crippen molar-refractivity contribution in [2.45, 2.75) is 20.4 Å². The highest BCUT2D eigenvalue weighted by Crippen LogP contribution is 2.35. The van der Waals surface area contributed by atoms with E-state index < -0.39 is 7.14 Å². The van der Waals surface area contributed by atoms with Crippen molar-refractivity contribution in [2.24, 2.45) is 10.9 Å². The molecular weight excluding hydrogens is 247 g/mol. The molecule has 1 rings (SSSR count). The number of aromatic nitrogens is 2. The fourth-order valence-corrected chi connectivity index (χ4v) is 2.17. The first-order valence-electron chi connectivity index (χ1n) is 6.04. The second-order valence-corrected chi connectivity index (χ2v) is 8.66. The molecule has 18 heavy (non-hydrogen) atoms. The lowest BCUT2D eigenvalue weighted by molar-refractivity contribution is 0.487. The zero-order chi connectivity index (χ0) is 13.9. The number of hydrogen-bond acceptors (Lipinski definition) is 3. The molecule has 1 heterocycles. The van der Waals surface area contributed by atoms with Crippen LogP contribution < -0.4 is 5.44 Å². The largest absolute Gasteiger partial charge is 0.369 e. The van der Waals surface area contributed by atoms with Crippen LogP contribution in [0, 0.1) is 5.92 Å². The van der Waals surface area contributed by atoms with E-state index in [-0.39, 0.29) is 0 Å². The molecule has 0 amide bonds. The molecule has 0 radical (unpaired) electrons. The SMILES string of the molecule is CC(C)Cn1nc(P(C)(C)=O)cc1/N=C/N(C)C. The van der Waals surface area contributed by atoms with Crippen molar-refractivity contribution < 1.29 is 4.57 Å². The van der Waals surface area contributed by atoms with E-state index in [2.05, 4.69) is 23.9 Å². The number of rotatable bonds is 5. The van der Waals surface area contributed by atoms with Gasteiger partial charge in [-0.25, -0.2) is 9.67 Å². The zero-order valence-electron chi connectivity index (χ0n) is 12.1. The summed E-state index contributed by atoms with van der Waals surface area (Å²) in [7, 11) is 1.50. The smallest absolute Gasteiger partial charge is 0.152 e. The third-order valence-electron chi connectivity index (χ3n) is 2.26. The van der Waals surface area contributed by atoms with Crippen LogP contribution in [0.4, 0.5) is 5.82 Å². The molecule has 0 saturated carbocycles. The van der Waals surface area contributed by atoms with Gasteiger partial charge in [-0.05, 0) is 19.2 Å². The number of nitrogens with zero attached hydrogens (tertiary/aromatic N) is 4. The van der Waals surface area contributed by atoms with E-state index in [0.717, 1.165) is 12.4 Å². The Kier molecular flexibility index (Phi) is 4.74. The molecule has 5 nitrogen and oxygen atoms in total. The lowest BCUT2D eigenvalue weighted by atomic mass is 10.2. The maximum Gasteiger partial charge on any atom is 0.152 e. The van der Waals surface area contributed by atoms with Crippen molar-refractivity contribution in [1.29, 1.82) is 0 Å². The Labute approximate surface area is 109 Å². The average Bonchev–Trinajstić information content (AvgIpc) is 2.56. The first kappa shape index (κ1) is 15.0. The van der Waals surface area contributed by atoms with Crippen molar-refractivity contribution in [2.75, 3.05) is 27.4 Å². The third-order valence-corrected chi connectivity index (χ3v) is 3.58. The van der Waals surface area contributed by atoms with Crippen LogP contribution in [0.5, 0.6) is 0 Å². The molecule has 0 saturated heterocycles. The van der Waals surface area contributed by atoms with Gasteiger partial charge in [-0.2, -0.15) is 5.10 Å². The van der Waals surface area contributed by atoms with Crippen LogP contribution in [0.3, 0.4) is 0 Å². The molecule has 0 bridgehead atoms. The maximum atomic E-state index is 12.1. The average molecular weight is 270 g/mol. The highest BCUT2D eigenvalue weighted by Gasteiger charge is 2.18. The lowest BCUT2D eigenvalue weighted by Gasteiger charge is -2.08. The monoisotopic (exact) mass is 270 g/mol. The van der Waals surface area contributed by atoms with Crippen molar-refractivity contribution >= 4 is 24.7 Å². The summed E-state index contributed by atoms with van der Waals surface area (Å²) in [6.45, 7) is 8.49. The van der Waals surface area contributed by atoms with Gasteiger partial charge in [0, 0.05) is 26.7 Å². The Balaban J connectivity index is 3.13. The van der Waals surface area contributed by atoms with Gasteiger partial charge in [0.15, 0.2) is 5.82 Å². The van der Waals surface area contributed by atoms with E-state index in [4.69, 9.17) is 0 Å². The second-order valence-electron chi connectivity index (χ2n) is 5.50. The molecule has 0 atom stereocenters. The van der Waals surface area contributed by atoms with Gasteiger partial charge in [-0.1, -0.05) is 13.8 Å². The zero-order valence-corrected chi connectivity index (χ0v) is 13.0.